The van der Waals surface area contributed by atoms with Crippen LogP contribution in [0.3, 0.4) is 0 Å². The molecular weight excluding hydrogens is 191 g/mol. The van der Waals surface area contributed by atoms with Crippen molar-refractivity contribution in [1.29, 1.82) is 0 Å². The molecular formula is C9H7FO4. The molecule has 0 aromatic heterocycles. The Bertz CT molecular complexity index is 386. The maximum absolute atomic E-state index is 12.9. The highest BCUT2D eigenvalue weighted by Gasteiger charge is 2.10. The van der Waals surface area contributed by atoms with Gasteiger partial charge in [-0.1, -0.05) is 0 Å². The minimum Gasteiger partial charge on any atom is -0.478 e. The molecule has 0 unspecified atom stereocenters. The summed E-state index contributed by atoms with van der Waals surface area (Å²) in [4.78, 5) is 21.0. The summed E-state index contributed by atoms with van der Waals surface area (Å²) in [5, 5.41) is 8.57. The molecule has 4 nitrogen and oxygen atoms in total. The maximum Gasteiger partial charge on any atom is 0.335 e. The number of ether oxygens (including phenoxy) is 1. The molecule has 0 aliphatic heterocycles. The van der Waals surface area contributed by atoms with Crippen molar-refractivity contribution in [3.8, 4) is 5.75 Å². The Balaban J connectivity index is 3.08. The molecule has 0 saturated heterocycles. The summed E-state index contributed by atoms with van der Waals surface area (Å²) in [7, 11) is 0. The van der Waals surface area contributed by atoms with E-state index in [1.165, 1.54) is 0 Å². The summed E-state index contributed by atoms with van der Waals surface area (Å²) in [5.41, 5.74) is -0.136. The summed E-state index contributed by atoms with van der Waals surface area (Å²) in [6.07, 6.45) is 0. The quantitative estimate of drug-likeness (QED) is 0.577. The Hall–Kier alpha value is -1.91. The van der Waals surface area contributed by atoms with Gasteiger partial charge in [-0.2, -0.15) is 0 Å². The Morgan fingerprint density at radius 3 is 2.57 bits per heavy atom. The van der Waals surface area contributed by atoms with Crippen molar-refractivity contribution in [1.82, 2.24) is 0 Å². The van der Waals surface area contributed by atoms with Crippen LogP contribution in [0.15, 0.2) is 18.2 Å². The zero-order chi connectivity index (χ0) is 10.7. The molecule has 0 spiro atoms. The molecule has 1 rings (SSSR count). The highest BCUT2D eigenvalue weighted by atomic mass is 19.1. The van der Waals surface area contributed by atoms with Gasteiger partial charge in [-0.05, 0) is 18.2 Å². The van der Waals surface area contributed by atoms with Gasteiger partial charge < -0.3 is 9.84 Å². The molecule has 0 atom stereocenters. The van der Waals surface area contributed by atoms with Crippen molar-refractivity contribution in [2.75, 3.05) is 0 Å². The Morgan fingerprint density at radius 1 is 1.43 bits per heavy atom. The lowest BCUT2D eigenvalue weighted by Crippen LogP contribution is -2.05. The Labute approximate surface area is 78.9 Å². The first-order valence-electron chi connectivity index (χ1n) is 3.72. The zero-order valence-electron chi connectivity index (χ0n) is 7.28. The van der Waals surface area contributed by atoms with Gasteiger partial charge >= 0.3 is 11.9 Å². The highest BCUT2D eigenvalue weighted by Crippen LogP contribution is 2.18. The van der Waals surface area contributed by atoms with Gasteiger partial charge in [0.25, 0.3) is 0 Å². The van der Waals surface area contributed by atoms with E-state index in [0.29, 0.717) is 0 Å². The van der Waals surface area contributed by atoms with Crippen LogP contribution in [0.4, 0.5) is 4.39 Å². The fourth-order valence-electron chi connectivity index (χ4n) is 0.869. The number of carboxylic acids is 1. The van der Waals surface area contributed by atoms with Crippen molar-refractivity contribution >= 4 is 11.9 Å². The van der Waals surface area contributed by atoms with E-state index in [2.05, 4.69) is 4.74 Å². The van der Waals surface area contributed by atoms with Gasteiger partial charge in [0.2, 0.25) is 0 Å². The van der Waals surface area contributed by atoms with Crippen LogP contribution in [0, 0.1) is 5.82 Å². The molecule has 1 N–H and O–H groups in total. The lowest BCUT2D eigenvalue weighted by molar-refractivity contribution is -0.132. The number of aromatic carboxylic acids is 1. The average molecular weight is 198 g/mol. The van der Waals surface area contributed by atoms with Crippen LogP contribution in [0.5, 0.6) is 5.75 Å². The predicted molar refractivity (Wildman–Crippen MR) is 44.7 cm³/mol. The standard InChI is InChI=1S/C9H7FO4/c1-5(11)14-8-4-6(9(12)13)2-3-7(8)10/h2-4H,1H3,(H,12,13). The van der Waals surface area contributed by atoms with Gasteiger partial charge in [0.1, 0.15) is 0 Å². The predicted octanol–water partition coefficient (Wildman–Crippen LogP) is 1.45. The van der Waals surface area contributed by atoms with Crippen LogP contribution in [0.2, 0.25) is 0 Å². The molecule has 0 aliphatic rings. The van der Waals surface area contributed by atoms with Crippen LogP contribution in [-0.2, 0) is 4.79 Å². The minimum absolute atomic E-state index is 0.136. The van der Waals surface area contributed by atoms with Crippen molar-refractivity contribution in [2.24, 2.45) is 0 Å². The van der Waals surface area contributed by atoms with Crippen molar-refractivity contribution < 1.29 is 23.8 Å². The molecule has 1 aromatic carbocycles. The minimum atomic E-state index is -1.21. The molecule has 5 heteroatoms. The summed E-state index contributed by atoms with van der Waals surface area (Å²) in [6.45, 7) is 1.10. The molecule has 0 saturated carbocycles. The number of carbonyl (C=O) groups is 2. The number of carbonyl (C=O) groups excluding carboxylic acids is 1. The lowest BCUT2D eigenvalue weighted by atomic mass is 10.2. The van der Waals surface area contributed by atoms with Gasteiger partial charge in [-0.15, -0.1) is 0 Å². The first-order chi connectivity index (χ1) is 6.50. The van der Waals surface area contributed by atoms with Crippen LogP contribution >= 0.6 is 0 Å². The van der Waals surface area contributed by atoms with Crippen LogP contribution in [0.25, 0.3) is 0 Å². The third-order valence-electron chi connectivity index (χ3n) is 1.43. The zero-order valence-corrected chi connectivity index (χ0v) is 7.28. The van der Waals surface area contributed by atoms with E-state index < -0.39 is 17.8 Å². The largest absolute Gasteiger partial charge is 0.478 e. The fraction of sp³-hybridized carbons (Fsp3) is 0.111. The Morgan fingerprint density at radius 2 is 2.07 bits per heavy atom. The van der Waals surface area contributed by atoms with E-state index in [1.54, 1.807) is 0 Å². The van der Waals surface area contributed by atoms with Crippen molar-refractivity contribution in [2.45, 2.75) is 6.92 Å². The molecule has 0 radical (unpaired) electrons. The van der Waals surface area contributed by atoms with E-state index >= 15 is 0 Å². The number of hydrogen-bond acceptors (Lipinski definition) is 3. The molecule has 14 heavy (non-hydrogen) atoms. The fourth-order valence-corrected chi connectivity index (χ4v) is 0.869. The summed E-state index contributed by atoms with van der Waals surface area (Å²) >= 11 is 0. The lowest BCUT2D eigenvalue weighted by Gasteiger charge is -2.03. The molecule has 0 aliphatic carbocycles. The topological polar surface area (TPSA) is 63.6 Å². The molecule has 0 heterocycles. The van der Waals surface area contributed by atoms with Crippen molar-refractivity contribution in [3.63, 3.8) is 0 Å². The first kappa shape index (κ1) is 10.2. The van der Waals surface area contributed by atoms with E-state index in [9.17, 15) is 14.0 Å². The molecule has 0 bridgehead atoms. The van der Waals surface area contributed by atoms with Crippen LogP contribution in [0.1, 0.15) is 17.3 Å². The Kier molecular flexibility index (Phi) is 2.81. The third-order valence-corrected chi connectivity index (χ3v) is 1.43. The van der Waals surface area contributed by atoms with E-state index in [-0.39, 0.29) is 11.3 Å². The summed E-state index contributed by atoms with van der Waals surface area (Å²) < 4.78 is 17.4. The van der Waals surface area contributed by atoms with Gasteiger partial charge in [0.15, 0.2) is 11.6 Å². The van der Waals surface area contributed by atoms with Gasteiger partial charge in [-0.25, -0.2) is 9.18 Å². The van der Waals surface area contributed by atoms with Crippen LogP contribution in [-0.4, -0.2) is 17.0 Å². The van der Waals surface area contributed by atoms with Crippen molar-refractivity contribution in [3.05, 3.63) is 29.6 Å². The second kappa shape index (κ2) is 3.87. The van der Waals surface area contributed by atoms with E-state index in [1.807, 2.05) is 0 Å². The number of rotatable bonds is 2. The van der Waals surface area contributed by atoms with Gasteiger partial charge in [0, 0.05) is 6.92 Å². The first-order valence-corrected chi connectivity index (χ1v) is 3.72. The molecule has 74 valence electrons. The number of esters is 1. The summed E-state index contributed by atoms with van der Waals surface area (Å²) in [5.74, 6) is -3.06. The average Bonchev–Trinajstić information content (AvgIpc) is 2.07. The normalized spacial score (nSPS) is 9.57. The monoisotopic (exact) mass is 198 g/mol. The second-order valence-electron chi connectivity index (χ2n) is 2.54. The molecule has 0 fully saturated rings. The SMILES string of the molecule is CC(=O)Oc1cc(C(=O)O)ccc1F. The molecule has 0 amide bonds. The smallest absolute Gasteiger partial charge is 0.335 e. The number of benzene rings is 1. The second-order valence-corrected chi connectivity index (χ2v) is 2.54. The van der Waals surface area contributed by atoms with Gasteiger partial charge in [-0.3, -0.25) is 4.79 Å². The highest BCUT2D eigenvalue weighted by molar-refractivity contribution is 5.88. The van der Waals surface area contributed by atoms with E-state index in [4.69, 9.17) is 5.11 Å². The number of hydrogen-bond donors (Lipinski definition) is 1. The maximum atomic E-state index is 12.9. The number of halogens is 1. The van der Waals surface area contributed by atoms with E-state index in [0.717, 1.165) is 25.1 Å². The molecule has 1 aromatic rings. The summed E-state index contributed by atoms with van der Waals surface area (Å²) in [6, 6.07) is 2.98. The van der Waals surface area contributed by atoms with Crippen LogP contribution < -0.4 is 4.74 Å². The third kappa shape index (κ3) is 2.29. The number of carboxylic acid groups (broad SMARTS) is 1. The van der Waals surface area contributed by atoms with Gasteiger partial charge in [0.05, 0.1) is 5.56 Å².